The summed E-state index contributed by atoms with van der Waals surface area (Å²) >= 11 is 0. The second-order valence-electron chi connectivity index (χ2n) is 4.31. The van der Waals surface area contributed by atoms with E-state index in [2.05, 4.69) is 5.32 Å². The molecule has 2 rings (SSSR count). The summed E-state index contributed by atoms with van der Waals surface area (Å²) < 4.78 is 19.0. The fourth-order valence-electron chi connectivity index (χ4n) is 2.01. The van der Waals surface area contributed by atoms with Crippen molar-refractivity contribution in [3.8, 4) is 0 Å². The molecule has 0 aromatic heterocycles. The van der Waals surface area contributed by atoms with Gasteiger partial charge in [-0.2, -0.15) is 0 Å². The lowest BCUT2D eigenvalue weighted by Crippen LogP contribution is -2.41. The van der Waals surface area contributed by atoms with Gasteiger partial charge in [-0.3, -0.25) is 10.1 Å². The van der Waals surface area contributed by atoms with E-state index in [9.17, 15) is 14.5 Å². The third-order valence-electron chi connectivity index (χ3n) is 3.02. The molecule has 1 aliphatic carbocycles. The van der Waals surface area contributed by atoms with Crippen LogP contribution in [0.3, 0.4) is 0 Å². The summed E-state index contributed by atoms with van der Waals surface area (Å²) in [5.74, 6) is -0.593. The topological polar surface area (TPSA) is 64.4 Å². The van der Waals surface area contributed by atoms with Crippen molar-refractivity contribution in [1.29, 1.82) is 0 Å². The van der Waals surface area contributed by atoms with Crippen molar-refractivity contribution in [3.63, 3.8) is 0 Å². The van der Waals surface area contributed by atoms with Gasteiger partial charge in [0.1, 0.15) is 0 Å². The lowest BCUT2D eigenvalue weighted by atomic mass is 9.89. The molecule has 0 amide bonds. The summed E-state index contributed by atoms with van der Waals surface area (Å²) in [7, 11) is 0. The maximum Gasteiger partial charge on any atom is 0.272 e. The predicted molar refractivity (Wildman–Crippen MR) is 65.1 cm³/mol. The number of benzene rings is 1. The molecule has 0 saturated heterocycles. The average Bonchev–Trinajstić information content (AvgIpc) is 2.28. The Labute approximate surface area is 104 Å². The number of hydrogen-bond donors (Lipinski definition) is 1. The minimum absolute atomic E-state index is 0.178. The number of nitro benzene ring substituents is 1. The zero-order valence-corrected chi connectivity index (χ0v) is 10.1. The Morgan fingerprint density at radius 2 is 2.28 bits per heavy atom. The average molecular weight is 254 g/mol. The molecule has 1 aromatic carbocycles. The molecule has 1 saturated carbocycles. The van der Waals surface area contributed by atoms with Crippen molar-refractivity contribution in [2.24, 2.45) is 0 Å². The van der Waals surface area contributed by atoms with Crippen molar-refractivity contribution < 1.29 is 14.1 Å². The van der Waals surface area contributed by atoms with E-state index in [1.165, 1.54) is 12.1 Å². The summed E-state index contributed by atoms with van der Waals surface area (Å²) in [4.78, 5) is 9.86. The van der Waals surface area contributed by atoms with Crippen molar-refractivity contribution in [3.05, 3.63) is 34.1 Å². The largest absolute Gasteiger partial charge is 0.380 e. The number of anilines is 1. The van der Waals surface area contributed by atoms with E-state index in [-0.39, 0.29) is 17.8 Å². The summed E-state index contributed by atoms with van der Waals surface area (Å²) in [5, 5.41) is 13.5. The summed E-state index contributed by atoms with van der Waals surface area (Å²) in [6.07, 6.45) is 1.92. The predicted octanol–water partition coefficient (Wildman–Crippen LogP) is 2.71. The van der Waals surface area contributed by atoms with Crippen LogP contribution >= 0.6 is 0 Å². The van der Waals surface area contributed by atoms with Crippen molar-refractivity contribution in [2.75, 3.05) is 11.9 Å². The van der Waals surface area contributed by atoms with Crippen LogP contribution in [-0.4, -0.2) is 23.7 Å². The molecule has 0 spiro atoms. The Morgan fingerprint density at radius 1 is 1.56 bits per heavy atom. The third-order valence-corrected chi connectivity index (χ3v) is 3.02. The van der Waals surface area contributed by atoms with Gasteiger partial charge in [0.2, 0.25) is 0 Å². The molecular weight excluding hydrogens is 239 g/mol. The van der Waals surface area contributed by atoms with Crippen LogP contribution in [0.25, 0.3) is 0 Å². The molecule has 0 bridgehead atoms. The molecular formula is C12H15FN2O3. The summed E-state index contributed by atoms with van der Waals surface area (Å²) in [6, 6.07) is 3.81. The number of nitrogens with zero attached hydrogens (tertiary/aromatic N) is 1. The van der Waals surface area contributed by atoms with Gasteiger partial charge in [0.25, 0.3) is 5.69 Å². The van der Waals surface area contributed by atoms with Crippen LogP contribution < -0.4 is 5.32 Å². The third kappa shape index (κ3) is 2.76. The van der Waals surface area contributed by atoms with Gasteiger partial charge >= 0.3 is 0 Å². The van der Waals surface area contributed by atoms with Crippen molar-refractivity contribution >= 4 is 11.4 Å². The van der Waals surface area contributed by atoms with Crippen LogP contribution in [0.15, 0.2) is 18.2 Å². The number of ether oxygens (including phenoxy) is 1. The van der Waals surface area contributed by atoms with E-state index in [1.807, 2.05) is 6.92 Å². The zero-order valence-electron chi connectivity index (χ0n) is 10.1. The number of non-ortho nitro benzene ring substituents is 1. The van der Waals surface area contributed by atoms with Crippen LogP contribution in [0.1, 0.15) is 19.8 Å². The Kier molecular flexibility index (Phi) is 3.76. The first-order valence-electron chi connectivity index (χ1n) is 5.92. The number of nitro groups is 1. The van der Waals surface area contributed by atoms with Crippen LogP contribution in [0.5, 0.6) is 0 Å². The molecule has 1 N–H and O–H groups in total. The Balaban J connectivity index is 1.93. The van der Waals surface area contributed by atoms with E-state index < -0.39 is 10.7 Å². The maximum atomic E-state index is 13.6. The van der Waals surface area contributed by atoms with Crippen LogP contribution in [-0.2, 0) is 4.74 Å². The Bertz CT molecular complexity index is 447. The Hall–Kier alpha value is -1.69. The molecule has 0 aliphatic heterocycles. The van der Waals surface area contributed by atoms with E-state index >= 15 is 0 Å². The summed E-state index contributed by atoms with van der Waals surface area (Å²) in [6.45, 7) is 2.63. The molecule has 18 heavy (non-hydrogen) atoms. The van der Waals surface area contributed by atoms with Gasteiger partial charge in [0, 0.05) is 18.7 Å². The van der Waals surface area contributed by atoms with Crippen LogP contribution in [0, 0.1) is 15.9 Å². The van der Waals surface area contributed by atoms with Crippen molar-refractivity contribution in [1.82, 2.24) is 0 Å². The molecule has 0 unspecified atom stereocenters. The highest BCUT2D eigenvalue weighted by atomic mass is 19.1. The van der Waals surface area contributed by atoms with E-state index in [1.54, 1.807) is 0 Å². The highest BCUT2D eigenvalue weighted by molar-refractivity contribution is 5.51. The van der Waals surface area contributed by atoms with E-state index in [0.717, 1.165) is 18.9 Å². The lowest BCUT2D eigenvalue weighted by molar-refractivity contribution is -0.385. The smallest absolute Gasteiger partial charge is 0.272 e. The number of nitrogens with one attached hydrogen (secondary N) is 1. The monoisotopic (exact) mass is 254 g/mol. The molecule has 0 heterocycles. The zero-order chi connectivity index (χ0) is 13.1. The standard InChI is InChI=1S/C12H15FN2O3/c1-2-18-10-5-8(6-10)14-12-4-3-9(15(16)17)7-11(12)13/h3-4,7-8,10,14H,2,5-6H2,1H3. The van der Waals surface area contributed by atoms with Gasteiger partial charge in [-0.15, -0.1) is 0 Å². The van der Waals surface area contributed by atoms with Gasteiger partial charge in [0.15, 0.2) is 5.82 Å². The molecule has 0 atom stereocenters. The first kappa shape index (κ1) is 12.8. The first-order chi connectivity index (χ1) is 8.60. The van der Waals surface area contributed by atoms with Crippen LogP contribution in [0.2, 0.25) is 0 Å². The molecule has 1 aromatic rings. The first-order valence-corrected chi connectivity index (χ1v) is 5.92. The second-order valence-corrected chi connectivity index (χ2v) is 4.31. The minimum Gasteiger partial charge on any atom is -0.380 e. The number of halogens is 1. The fraction of sp³-hybridized carbons (Fsp3) is 0.500. The van der Waals surface area contributed by atoms with Gasteiger partial charge in [-0.1, -0.05) is 0 Å². The van der Waals surface area contributed by atoms with Gasteiger partial charge in [-0.25, -0.2) is 4.39 Å². The quantitative estimate of drug-likeness (QED) is 0.648. The van der Waals surface area contributed by atoms with Crippen LogP contribution in [0.4, 0.5) is 15.8 Å². The highest BCUT2D eigenvalue weighted by Crippen LogP contribution is 2.29. The van der Waals surface area contributed by atoms with E-state index in [4.69, 9.17) is 4.74 Å². The Morgan fingerprint density at radius 3 is 2.83 bits per heavy atom. The minimum atomic E-state index is -0.610. The lowest BCUT2D eigenvalue weighted by Gasteiger charge is -2.36. The molecule has 98 valence electrons. The van der Waals surface area contributed by atoms with Gasteiger partial charge in [0.05, 0.1) is 22.8 Å². The normalized spacial score (nSPS) is 22.3. The molecule has 5 nitrogen and oxygen atoms in total. The van der Waals surface area contributed by atoms with Gasteiger partial charge < -0.3 is 10.1 Å². The highest BCUT2D eigenvalue weighted by Gasteiger charge is 2.30. The molecule has 1 fully saturated rings. The molecule has 0 radical (unpaired) electrons. The van der Waals surface area contributed by atoms with Crippen molar-refractivity contribution in [2.45, 2.75) is 31.9 Å². The molecule has 1 aliphatic rings. The molecule has 6 heteroatoms. The summed E-state index contributed by atoms with van der Waals surface area (Å²) in [5.41, 5.74) is 0.0689. The SMILES string of the molecule is CCOC1CC(Nc2ccc([N+](=O)[O-])cc2F)C1. The van der Waals surface area contributed by atoms with Gasteiger partial charge in [-0.05, 0) is 25.8 Å². The second kappa shape index (κ2) is 5.30. The van der Waals surface area contributed by atoms with E-state index in [0.29, 0.717) is 12.3 Å². The fourth-order valence-corrected chi connectivity index (χ4v) is 2.01. The number of rotatable bonds is 5. The maximum absolute atomic E-state index is 13.6. The number of hydrogen-bond acceptors (Lipinski definition) is 4.